The summed E-state index contributed by atoms with van der Waals surface area (Å²) in [5, 5.41) is 18.1. The lowest BCUT2D eigenvalue weighted by Gasteiger charge is -2.10. The maximum atomic E-state index is 13.0. The number of benzene rings is 2. The van der Waals surface area contributed by atoms with Crippen molar-refractivity contribution in [3.8, 4) is 5.75 Å². The molecule has 0 radical (unpaired) electrons. The van der Waals surface area contributed by atoms with Crippen LogP contribution in [-0.4, -0.2) is 17.2 Å². The van der Waals surface area contributed by atoms with Gasteiger partial charge < -0.3 is 14.8 Å². The maximum Gasteiger partial charge on any atom is 0.488 e. The molecule has 0 unspecified atom stereocenters. The Bertz CT molecular complexity index is 572. The summed E-state index contributed by atoms with van der Waals surface area (Å²) < 4.78 is 18.6. The minimum absolute atomic E-state index is 0.264. The number of hydrogen-bond donors (Lipinski definition) is 2. The number of ether oxygens (including phenoxy) is 1. The second kappa shape index (κ2) is 5.86. The molecular weight excluding hydrogens is 246 g/mol. The van der Waals surface area contributed by atoms with E-state index >= 15 is 0 Å². The molecule has 0 heterocycles. The highest BCUT2D eigenvalue weighted by atomic mass is 19.1. The van der Waals surface area contributed by atoms with Gasteiger partial charge in [-0.05, 0) is 41.7 Å². The summed E-state index contributed by atoms with van der Waals surface area (Å²) in [4.78, 5) is 0. The standard InChI is InChI=1S/C14H14BFO3/c1-10-7-12(15(17)18)5-6-14(10)19-9-11-3-2-4-13(16)8-11/h2-8,17-18H,9H2,1H3. The highest BCUT2D eigenvalue weighted by Gasteiger charge is 2.12. The Hall–Kier alpha value is -1.85. The molecule has 0 saturated heterocycles. The Morgan fingerprint density at radius 1 is 1.16 bits per heavy atom. The zero-order valence-corrected chi connectivity index (χ0v) is 10.5. The molecule has 0 aromatic heterocycles. The number of halogens is 1. The highest BCUT2D eigenvalue weighted by Crippen LogP contribution is 2.17. The van der Waals surface area contributed by atoms with E-state index in [0.717, 1.165) is 11.1 Å². The zero-order valence-electron chi connectivity index (χ0n) is 10.5. The van der Waals surface area contributed by atoms with Gasteiger partial charge in [-0.1, -0.05) is 24.3 Å². The van der Waals surface area contributed by atoms with Gasteiger partial charge in [0.2, 0.25) is 0 Å². The van der Waals surface area contributed by atoms with Crippen molar-refractivity contribution < 1.29 is 19.2 Å². The summed E-state index contributed by atoms with van der Waals surface area (Å²) in [6, 6.07) is 11.1. The first-order valence-corrected chi connectivity index (χ1v) is 5.90. The van der Waals surface area contributed by atoms with Crippen molar-refractivity contribution >= 4 is 12.6 Å². The number of hydrogen-bond acceptors (Lipinski definition) is 3. The van der Waals surface area contributed by atoms with Crippen LogP contribution in [0.15, 0.2) is 42.5 Å². The Balaban J connectivity index is 2.07. The predicted molar refractivity (Wildman–Crippen MR) is 71.7 cm³/mol. The van der Waals surface area contributed by atoms with Gasteiger partial charge in [0.1, 0.15) is 18.2 Å². The number of aryl methyl sites for hydroxylation is 1. The fraction of sp³-hybridized carbons (Fsp3) is 0.143. The Morgan fingerprint density at radius 3 is 2.58 bits per heavy atom. The van der Waals surface area contributed by atoms with Gasteiger partial charge in [0, 0.05) is 0 Å². The van der Waals surface area contributed by atoms with Crippen LogP contribution in [0.3, 0.4) is 0 Å². The molecule has 98 valence electrons. The summed E-state index contributed by atoms with van der Waals surface area (Å²) in [5.41, 5.74) is 1.95. The van der Waals surface area contributed by atoms with E-state index in [1.165, 1.54) is 12.1 Å². The molecule has 2 aromatic rings. The average Bonchev–Trinajstić information content (AvgIpc) is 2.37. The fourth-order valence-corrected chi connectivity index (χ4v) is 1.78. The van der Waals surface area contributed by atoms with E-state index in [1.807, 2.05) is 6.92 Å². The Morgan fingerprint density at radius 2 is 1.95 bits per heavy atom. The molecule has 0 saturated carbocycles. The van der Waals surface area contributed by atoms with Crippen LogP contribution in [-0.2, 0) is 6.61 Å². The second-order valence-corrected chi connectivity index (χ2v) is 4.32. The normalized spacial score (nSPS) is 10.3. The lowest BCUT2D eigenvalue weighted by Crippen LogP contribution is -2.29. The van der Waals surface area contributed by atoms with Crippen LogP contribution in [0.2, 0.25) is 0 Å². The molecule has 0 fully saturated rings. The third-order valence-corrected chi connectivity index (χ3v) is 2.78. The van der Waals surface area contributed by atoms with Crippen LogP contribution >= 0.6 is 0 Å². The summed E-state index contributed by atoms with van der Waals surface area (Å²) in [7, 11) is -1.49. The highest BCUT2D eigenvalue weighted by molar-refractivity contribution is 6.58. The average molecular weight is 260 g/mol. The van der Waals surface area contributed by atoms with E-state index in [-0.39, 0.29) is 12.4 Å². The lowest BCUT2D eigenvalue weighted by molar-refractivity contribution is 0.303. The molecule has 0 aliphatic heterocycles. The van der Waals surface area contributed by atoms with Crippen molar-refractivity contribution in [1.29, 1.82) is 0 Å². The number of rotatable bonds is 4. The van der Waals surface area contributed by atoms with E-state index in [2.05, 4.69) is 0 Å². The van der Waals surface area contributed by atoms with Gasteiger partial charge in [0.25, 0.3) is 0 Å². The monoisotopic (exact) mass is 260 g/mol. The van der Waals surface area contributed by atoms with Crippen LogP contribution in [0, 0.1) is 12.7 Å². The van der Waals surface area contributed by atoms with Gasteiger partial charge in [0.15, 0.2) is 0 Å². The predicted octanol–water partition coefficient (Wildman–Crippen LogP) is 1.39. The van der Waals surface area contributed by atoms with Crippen molar-refractivity contribution in [2.75, 3.05) is 0 Å². The summed E-state index contributed by atoms with van der Waals surface area (Å²) in [6.45, 7) is 2.08. The quantitative estimate of drug-likeness (QED) is 0.817. The van der Waals surface area contributed by atoms with E-state index in [1.54, 1.807) is 30.3 Å². The molecule has 5 heteroatoms. The van der Waals surface area contributed by atoms with E-state index < -0.39 is 7.12 Å². The Labute approximate surface area is 111 Å². The van der Waals surface area contributed by atoms with Crippen molar-refractivity contribution in [3.05, 3.63) is 59.4 Å². The van der Waals surface area contributed by atoms with Crippen molar-refractivity contribution in [1.82, 2.24) is 0 Å². The topological polar surface area (TPSA) is 49.7 Å². The van der Waals surface area contributed by atoms with Gasteiger partial charge in [0.05, 0.1) is 0 Å². The van der Waals surface area contributed by atoms with Crippen LogP contribution in [0.4, 0.5) is 4.39 Å². The molecule has 2 rings (SSSR count). The van der Waals surface area contributed by atoms with Crippen LogP contribution in [0.5, 0.6) is 5.75 Å². The third-order valence-electron chi connectivity index (χ3n) is 2.78. The van der Waals surface area contributed by atoms with Crippen LogP contribution in [0.25, 0.3) is 0 Å². The minimum Gasteiger partial charge on any atom is -0.489 e. The summed E-state index contributed by atoms with van der Waals surface area (Å²) in [5.74, 6) is 0.338. The smallest absolute Gasteiger partial charge is 0.488 e. The van der Waals surface area contributed by atoms with Gasteiger partial charge in [-0.2, -0.15) is 0 Å². The van der Waals surface area contributed by atoms with E-state index in [0.29, 0.717) is 11.2 Å². The molecule has 0 aliphatic rings. The second-order valence-electron chi connectivity index (χ2n) is 4.32. The van der Waals surface area contributed by atoms with E-state index in [9.17, 15) is 4.39 Å². The maximum absolute atomic E-state index is 13.0. The van der Waals surface area contributed by atoms with Crippen molar-refractivity contribution in [2.45, 2.75) is 13.5 Å². The first-order valence-electron chi connectivity index (χ1n) is 5.90. The van der Waals surface area contributed by atoms with Crippen molar-refractivity contribution in [2.24, 2.45) is 0 Å². The largest absolute Gasteiger partial charge is 0.489 e. The van der Waals surface area contributed by atoms with Crippen LogP contribution in [0.1, 0.15) is 11.1 Å². The Kier molecular flexibility index (Phi) is 4.19. The molecule has 19 heavy (non-hydrogen) atoms. The molecule has 3 nitrogen and oxygen atoms in total. The SMILES string of the molecule is Cc1cc(B(O)O)ccc1OCc1cccc(F)c1. The molecule has 0 spiro atoms. The van der Waals surface area contributed by atoms with Gasteiger partial charge in [-0.15, -0.1) is 0 Å². The fourth-order valence-electron chi connectivity index (χ4n) is 1.78. The minimum atomic E-state index is -1.49. The third kappa shape index (κ3) is 3.56. The molecule has 2 aromatic carbocycles. The van der Waals surface area contributed by atoms with Gasteiger partial charge >= 0.3 is 7.12 Å². The van der Waals surface area contributed by atoms with E-state index in [4.69, 9.17) is 14.8 Å². The van der Waals surface area contributed by atoms with Gasteiger partial charge in [-0.3, -0.25) is 0 Å². The summed E-state index contributed by atoms with van der Waals surface area (Å²) in [6.07, 6.45) is 0. The first kappa shape index (κ1) is 13.6. The first-order chi connectivity index (χ1) is 9.06. The molecule has 0 atom stereocenters. The molecule has 0 amide bonds. The lowest BCUT2D eigenvalue weighted by atomic mass is 9.79. The van der Waals surface area contributed by atoms with Gasteiger partial charge in [-0.25, -0.2) is 4.39 Å². The molecular formula is C14H14BFO3. The van der Waals surface area contributed by atoms with Crippen molar-refractivity contribution in [3.63, 3.8) is 0 Å². The molecule has 0 aliphatic carbocycles. The van der Waals surface area contributed by atoms with Crippen LogP contribution < -0.4 is 10.2 Å². The molecule has 2 N–H and O–H groups in total. The zero-order chi connectivity index (χ0) is 13.8. The molecule has 0 bridgehead atoms. The summed E-state index contributed by atoms with van der Waals surface area (Å²) >= 11 is 0.